The third-order valence-electron chi connectivity index (χ3n) is 5.54. The number of aromatic nitrogens is 1. The lowest BCUT2D eigenvalue weighted by Gasteiger charge is -2.24. The lowest BCUT2D eigenvalue weighted by atomic mass is 9.85. The summed E-state index contributed by atoms with van der Waals surface area (Å²) in [7, 11) is 0. The Morgan fingerprint density at radius 2 is 1.60 bits per heavy atom. The van der Waals surface area contributed by atoms with Gasteiger partial charge in [0, 0.05) is 21.7 Å². The number of rotatable bonds is 0. The van der Waals surface area contributed by atoms with Crippen molar-refractivity contribution in [1.82, 2.24) is 4.98 Å². The van der Waals surface area contributed by atoms with Crippen molar-refractivity contribution < 1.29 is 14.9 Å². The van der Waals surface area contributed by atoms with Crippen molar-refractivity contribution >= 4 is 32.6 Å². The molecule has 1 aliphatic carbocycles. The Bertz CT molecular complexity index is 1190. The summed E-state index contributed by atoms with van der Waals surface area (Å²) in [5.41, 5.74) is 3.47. The molecule has 122 valence electrons. The van der Waals surface area contributed by atoms with Crippen LogP contribution in [0.1, 0.15) is 23.3 Å². The van der Waals surface area contributed by atoms with E-state index in [1.165, 1.54) is 0 Å². The molecule has 4 nitrogen and oxygen atoms in total. The second-order valence-electron chi connectivity index (χ2n) is 6.94. The van der Waals surface area contributed by atoms with Gasteiger partial charge in [-0.05, 0) is 17.0 Å². The van der Waals surface area contributed by atoms with Gasteiger partial charge < -0.3 is 14.9 Å². The molecule has 0 bridgehead atoms. The van der Waals surface area contributed by atoms with E-state index in [1.807, 2.05) is 24.3 Å². The van der Waals surface area contributed by atoms with Gasteiger partial charge in [0.25, 0.3) is 0 Å². The summed E-state index contributed by atoms with van der Waals surface area (Å²) in [5.74, 6) is 0. The van der Waals surface area contributed by atoms with Crippen LogP contribution >= 0.6 is 0 Å². The normalized spacial score (nSPS) is 27.4. The van der Waals surface area contributed by atoms with Crippen molar-refractivity contribution in [2.45, 2.75) is 24.4 Å². The second kappa shape index (κ2) is 4.55. The van der Waals surface area contributed by atoms with Crippen molar-refractivity contribution in [2.75, 3.05) is 0 Å². The predicted octanol–water partition coefficient (Wildman–Crippen LogP) is 3.39. The van der Waals surface area contributed by atoms with Crippen LogP contribution in [0.25, 0.3) is 32.6 Å². The summed E-state index contributed by atoms with van der Waals surface area (Å²) in [6.07, 6.45) is -2.28. The Morgan fingerprint density at radius 3 is 2.52 bits per heavy atom. The molecule has 0 radical (unpaired) electrons. The van der Waals surface area contributed by atoms with Crippen molar-refractivity contribution in [2.24, 2.45) is 0 Å². The zero-order valence-corrected chi connectivity index (χ0v) is 13.3. The number of ether oxygens (including phenoxy) is 1. The lowest BCUT2D eigenvalue weighted by Crippen LogP contribution is -2.29. The maximum absolute atomic E-state index is 10.4. The molecule has 25 heavy (non-hydrogen) atoms. The van der Waals surface area contributed by atoms with E-state index >= 15 is 0 Å². The van der Waals surface area contributed by atoms with Gasteiger partial charge in [-0.15, -0.1) is 0 Å². The van der Waals surface area contributed by atoms with E-state index in [1.54, 1.807) is 0 Å². The van der Waals surface area contributed by atoms with E-state index in [0.29, 0.717) is 0 Å². The highest BCUT2D eigenvalue weighted by molar-refractivity contribution is 6.08. The first kappa shape index (κ1) is 13.7. The largest absolute Gasteiger partial charge is 0.387 e. The number of benzene rings is 3. The maximum Gasteiger partial charge on any atom is 0.118 e. The summed E-state index contributed by atoms with van der Waals surface area (Å²) < 4.78 is 5.64. The van der Waals surface area contributed by atoms with Crippen LogP contribution in [0.3, 0.4) is 0 Å². The van der Waals surface area contributed by atoms with Gasteiger partial charge in [-0.25, -0.2) is 4.98 Å². The molecular formula is C21H15NO3. The van der Waals surface area contributed by atoms with Crippen LogP contribution in [-0.2, 0) is 4.74 Å². The zero-order chi connectivity index (χ0) is 16.7. The van der Waals surface area contributed by atoms with Crippen LogP contribution in [0, 0.1) is 0 Å². The third-order valence-corrected chi connectivity index (χ3v) is 5.54. The lowest BCUT2D eigenvalue weighted by molar-refractivity contribution is 0.0000942. The molecule has 6 rings (SSSR count). The van der Waals surface area contributed by atoms with Gasteiger partial charge in [0.1, 0.15) is 24.4 Å². The second-order valence-corrected chi connectivity index (χ2v) is 6.94. The predicted molar refractivity (Wildman–Crippen MR) is 95.3 cm³/mol. The van der Waals surface area contributed by atoms with E-state index in [2.05, 4.69) is 30.3 Å². The molecule has 0 saturated carbocycles. The highest BCUT2D eigenvalue weighted by atomic mass is 16.6. The molecule has 3 aromatic carbocycles. The Labute approximate surface area is 143 Å². The molecule has 4 heteroatoms. The van der Waals surface area contributed by atoms with Crippen LogP contribution < -0.4 is 0 Å². The fourth-order valence-electron chi connectivity index (χ4n) is 4.21. The zero-order valence-electron chi connectivity index (χ0n) is 13.3. The molecule has 2 heterocycles. The van der Waals surface area contributed by atoms with Gasteiger partial charge in [0.15, 0.2) is 0 Å². The average Bonchev–Trinajstić information content (AvgIpc) is 3.44. The van der Waals surface area contributed by atoms with E-state index in [0.717, 1.165) is 43.7 Å². The van der Waals surface area contributed by atoms with Gasteiger partial charge in [0.2, 0.25) is 0 Å². The van der Waals surface area contributed by atoms with Crippen molar-refractivity contribution in [1.29, 1.82) is 0 Å². The SMILES string of the molecule is OC1c2ccc3cc4ccc5ccccc5c4nc3c2C2OC2C1O. The average molecular weight is 329 g/mol. The summed E-state index contributed by atoms with van der Waals surface area (Å²) in [4.78, 5) is 4.98. The number of epoxide rings is 1. The van der Waals surface area contributed by atoms with Crippen LogP contribution in [-0.4, -0.2) is 27.4 Å². The highest BCUT2D eigenvalue weighted by Crippen LogP contribution is 2.52. The van der Waals surface area contributed by atoms with E-state index in [9.17, 15) is 10.2 Å². The number of hydrogen-bond acceptors (Lipinski definition) is 4. The Balaban J connectivity index is 1.75. The van der Waals surface area contributed by atoms with Crippen LogP contribution in [0.15, 0.2) is 54.6 Å². The molecule has 0 amide bonds. The smallest absolute Gasteiger partial charge is 0.118 e. The Hall–Kier alpha value is -2.53. The highest BCUT2D eigenvalue weighted by Gasteiger charge is 2.54. The number of aliphatic hydroxyl groups is 2. The van der Waals surface area contributed by atoms with Gasteiger partial charge in [0.05, 0.1) is 11.0 Å². The van der Waals surface area contributed by atoms with E-state index in [4.69, 9.17) is 9.72 Å². The van der Waals surface area contributed by atoms with Gasteiger partial charge >= 0.3 is 0 Å². The molecule has 4 unspecified atom stereocenters. The Morgan fingerprint density at radius 1 is 0.840 bits per heavy atom. The first-order valence-corrected chi connectivity index (χ1v) is 8.49. The molecule has 4 aromatic rings. The minimum Gasteiger partial charge on any atom is -0.387 e. The number of pyridine rings is 1. The summed E-state index contributed by atoms with van der Waals surface area (Å²) in [6.45, 7) is 0. The van der Waals surface area contributed by atoms with Gasteiger partial charge in [-0.1, -0.05) is 48.5 Å². The maximum atomic E-state index is 10.4. The summed E-state index contributed by atoms with van der Waals surface area (Å²) >= 11 is 0. The number of nitrogens with zero attached hydrogens (tertiary/aromatic N) is 1. The van der Waals surface area contributed by atoms with E-state index < -0.39 is 12.2 Å². The monoisotopic (exact) mass is 329 g/mol. The van der Waals surface area contributed by atoms with E-state index in [-0.39, 0.29) is 12.2 Å². The standard InChI is InChI=1S/C21H15NO3/c23-18-14-8-7-12-9-11-6-5-10-3-1-2-4-13(10)16(11)22-17(12)15(14)20-21(25-20)19(18)24/h1-9,18-21,23-24H. The molecular weight excluding hydrogens is 314 g/mol. The fraction of sp³-hybridized carbons (Fsp3) is 0.190. The topological polar surface area (TPSA) is 65.9 Å². The summed E-state index contributed by atoms with van der Waals surface area (Å²) in [6, 6.07) is 18.4. The number of hydrogen-bond donors (Lipinski definition) is 2. The molecule has 0 spiro atoms. The first-order chi connectivity index (χ1) is 12.2. The van der Waals surface area contributed by atoms with Crippen LogP contribution in [0.2, 0.25) is 0 Å². The molecule has 2 aliphatic rings. The van der Waals surface area contributed by atoms with Crippen LogP contribution in [0.4, 0.5) is 0 Å². The minimum atomic E-state index is -0.923. The van der Waals surface area contributed by atoms with Crippen LogP contribution in [0.5, 0.6) is 0 Å². The molecule has 1 fully saturated rings. The quantitative estimate of drug-likeness (QED) is 0.295. The van der Waals surface area contributed by atoms with Crippen molar-refractivity contribution in [3.05, 3.63) is 65.7 Å². The molecule has 1 aromatic heterocycles. The first-order valence-electron chi connectivity index (χ1n) is 8.49. The van der Waals surface area contributed by atoms with Gasteiger partial charge in [-0.2, -0.15) is 0 Å². The molecule has 2 N–H and O–H groups in total. The molecule has 1 aliphatic heterocycles. The third kappa shape index (κ3) is 1.74. The fourth-order valence-corrected chi connectivity index (χ4v) is 4.21. The number of fused-ring (bicyclic) bond motifs is 8. The van der Waals surface area contributed by atoms with Gasteiger partial charge in [-0.3, -0.25) is 0 Å². The molecule has 4 atom stereocenters. The van der Waals surface area contributed by atoms with Crippen molar-refractivity contribution in [3.63, 3.8) is 0 Å². The number of aliphatic hydroxyl groups excluding tert-OH is 2. The molecule has 1 saturated heterocycles. The minimum absolute atomic E-state index is 0.169. The summed E-state index contributed by atoms with van der Waals surface area (Å²) in [5, 5.41) is 24.9. The van der Waals surface area contributed by atoms with Crippen molar-refractivity contribution in [3.8, 4) is 0 Å². The Kier molecular flexibility index (Phi) is 2.50.